The summed E-state index contributed by atoms with van der Waals surface area (Å²) < 4.78 is 2.34. The normalized spacial score (nSPS) is 11.4. The fraction of sp³-hybridized carbons (Fsp3) is 0. The van der Waals surface area contributed by atoms with E-state index >= 15 is 0 Å². The van der Waals surface area contributed by atoms with Gasteiger partial charge in [-0.25, -0.2) is 0 Å². The molecule has 0 atom stereocenters. The molecule has 3 heterocycles. The summed E-state index contributed by atoms with van der Waals surface area (Å²) in [6.45, 7) is 0. The zero-order chi connectivity index (χ0) is 13.7. The maximum atomic E-state index is 12.6. The summed E-state index contributed by atoms with van der Waals surface area (Å²) in [7, 11) is 0. The first kappa shape index (κ1) is 12.1. The van der Waals surface area contributed by atoms with Gasteiger partial charge in [0.15, 0.2) is 0 Å². The highest BCUT2D eigenvalue weighted by atomic mass is 35.5. The highest BCUT2D eigenvalue weighted by molar-refractivity contribution is 7.28. The number of carbonyl (C=O) groups is 1. The Hall–Kier alpha value is -1.62. The number of aromatic nitrogens is 1. The van der Waals surface area contributed by atoms with Crippen LogP contribution in [-0.4, -0.2) is 10.8 Å². The number of benzene rings is 1. The van der Waals surface area contributed by atoms with Crippen LogP contribution in [0.15, 0.2) is 41.9 Å². The molecule has 98 valence electrons. The van der Waals surface area contributed by atoms with Crippen molar-refractivity contribution in [2.75, 3.05) is 0 Å². The van der Waals surface area contributed by atoms with Crippen LogP contribution in [0.3, 0.4) is 0 Å². The van der Waals surface area contributed by atoms with Gasteiger partial charge in [0, 0.05) is 37.1 Å². The van der Waals surface area contributed by atoms with Gasteiger partial charge in [0.1, 0.15) is 0 Å². The zero-order valence-electron chi connectivity index (χ0n) is 10.1. The predicted octanol–water partition coefficient (Wildman–Crippen LogP) is 5.33. The first-order chi connectivity index (χ1) is 9.72. The molecule has 0 saturated carbocycles. The highest BCUT2D eigenvalue weighted by Gasteiger charge is 2.17. The summed E-state index contributed by atoms with van der Waals surface area (Å²) in [5.74, 6) is 0.0620. The molecule has 0 fully saturated rings. The summed E-state index contributed by atoms with van der Waals surface area (Å²) in [6.07, 6.45) is 1.76. The van der Waals surface area contributed by atoms with Crippen LogP contribution in [0.2, 0.25) is 5.02 Å². The number of H-pyrrole nitrogens is 1. The standard InChI is InChI=1S/C15H8ClNOS2/c16-8-1-2-9-10(7-17-11(9)5-8)15(18)14-6-13-12(20-14)3-4-19-13/h1-7,17H. The smallest absolute Gasteiger partial charge is 0.205 e. The van der Waals surface area contributed by atoms with Gasteiger partial charge in [0.25, 0.3) is 0 Å². The molecule has 0 amide bonds. The molecule has 5 heteroatoms. The van der Waals surface area contributed by atoms with Gasteiger partial charge in [-0.1, -0.05) is 17.7 Å². The Morgan fingerprint density at radius 2 is 2.05 bits per heavy atom. The number of hydrogen-bond donors (Lipinski definition) is 1. The van der Waals surface area contributed by atoms with Crippen molar-refractivity contribution in [3.05, 3.63) is 57.4 Å². The third-order valence-corrected chi connectivity index (χ3v) is 5.58. The Morgan fingerprint density at radius 1 is 1.15 bits per heavy atom. The second-order valence-electron chi connectivity index (χ2n) is 4.48. The SMILES string of the molecule is O=C(c1cc2sccc2s1)c1c[nH]c2cc(Cl)ccc12. The molecule has 0 aliphatic rings. The maximum absolute atomic E-state index is 12.6. The van der Waals surface area contributed by atoms with E-state index in [-0.39, 0.29) is 5.78 Å². The first-order valence-corrected chi connectivity index (χ1v) is 8.08. The molecule has 4 rings (SSSR count). The third kappa shape index (κ3) is 1.80. The molecule has 0 aliphatic carbocycles. The summed E-state index contributed by atoms with van der Waals surface area (Å²) in [5, 5.41) is 3.62. The van der Waals surface area contributed by atoms with E-state index in [9.17, 15) is 4.79 Å². The molecule has 3 aromatic heterocycles. The van der Waals surface area contributed by atoms with Gasteiger partial charge in [-0.05, 0) is 29.6 Å². The molecule has 0 saturated heterocycles. The molecule has 20 heavy (non-hydrogen) atoms. The Bertz CT molecular complexity index is 919. The Morgan fingerprint density at radius 3 is 2.90 bits per heavy atom. The number of ketones is 1. The third-order valence-electron chi connectivity index (χ3n) is 3.25. The number of nitrogens with one attached hydrogen (secondary N) is 1. The minimum atomic E-state index is 0.0620. The van der Waals surface area contributed by atoms with E-state index in [2.05, 4.69) is 11.1 Å². The Balaban J connectivity index is 1.85. The molecule has 0 radical (unpaired) electrons. The lowest BCUT2D eigenvalue weighted by Crippen LogP contribution is -1.96. The summed E-state index contributed by atoms with van der Waals surface area (Å²) >= 11 is 9.17. The molecule has 0 bridgehead atoms. The minimum Gasteiger partial charge on any atom is -0.360 e. The summed E-state index contributed by atoms with van der Waals surface area (Å²) in [5.41, 5.74) is 1.59. The number of halogens is 1. The van der Waals surface area contributed by atoms with Crippen LogP contribution in [0.1, 0.15) is 15.2 Å². The summed E-state index contributed by atoms with van der Waals surface area (Å²) in [4.78, 5) is 16.5. The molecule has 0 spiro atoms. The van der Waals surface area contributed by atoms with E-state index in [4.69, 9.17) is 11.6 Å². The van der Waals surface area contributed by atoms with Crippen molar-refractivity contribution in [1.29, 1.82) is 0 Å². The largest absolute Gasteiger partial charge is 0.360 e. The van der Waals surface area contributed by atoms with E-state index < -0.39 is 0 Å². The number of aromatic amines is 1. The Labute approximate surface area is 127 Å². The van der Waals surface area contributed by atoms with Crippen molar-refractivity contribution in [2.24, 2.45) is 0 Å². The van der Waals surface area contributed by atoms with Crippen molar-refractivity contribution in [2.45, 2.75) is 0 Å². The fourth-order valence-corrected chi connectivity index (χ4v) is 4.53. The van der Waals surface area contributed by atoms with Crippen molar-refractivity contribution < 1.29 is 4.79 Å². The first-order valence-electron chi connectivity index (χ1n) is 6.01. The minimum absolute atomic E-state index is 0.0620. The molecule has 0 aliphatic heterocycles. The van der Waals surface area contributed by atoms with Gasteiger partial charge >= 0.3 is 0 Å². The van der Waals surface area contributed by atoms with E-state index in [0.29, 0.717) is 10.6 Å². The lowest BCUT2D eigenvalue weighted by Gasteiger charge is -1.96. The Kier molecular flexibility index (Phi) is 2.70. The molecular weight excluding hydrogens is 310 g/mol. The fourth-order valence-electron chi connectivity index (χ4n) is 2.30. The number of rotatable bonds is 2. The van der Waals surface area contributed by atoms with Crippen molar-refractivity contribution in [1.82, 2.24) is 4.98 Å². The molecule has 4 aromatic rings. The van der Waals surface area contributed by atoms with Gasteiger partial charge in [0.2, 0.25) is 5.78 Å². The molecular formula is C15H8ClNOS2. The van der Waals surface area contributed by atoms with Gasteiger partial charge in [-0.15, -0.1) is 22.7 Å². The number of carbonyl (C=O) groups excluding carboxylic acids is 1. The number of fused-ring (bicyclic) bond motifs is 2. The van der Waals surface area contributed by atoms with Gasteiger partial charge < -0.3 is 4.98 Å². The monoisotopic (exact) mass is 317 g/mol. The van der Waals surface area contributed by atoms with E-state index in [1.165, 1.54) is 9.40 Å². The topological polar surface area (TPSA) is 32.9 Å². The maximum Gasteiger partial charge on any atom is 0.205 e. The van der Waals surface area contributed by atoms with Crippen LogP contribution in [0.25, 0.3) is 20.3 Å². The van der Waals surface area contributed by atoms with Crippen LogP contribution < -0.4 is 0 Å². The van der Waals surface area contributed by atoms with Gasteiger partial charge in [-0.3, -0.25) is 4.79 Å². The average molecular weight is 318 g/mol. The van der Waals surface area contributed by atoms with Crippen LogP contribution in [0.5, 0.6) is 0 Å². The van der Waals surface area contributed by atoms with Crippen molar-refractivity contribution in [3.8, 4) is 0 Å². The van der Waals surface area contributed by atoms with E-state index in [1.54, 1.807) is 28.9 Å². The van der Waals surface area contributed by atoms with Crippen LogP contribution in [0, 0.1) is 0 Å². The second kappa shape index (κ2) is 4.45. The van der Waals surface area contributed by atoms with E-state index in [0.717, 1.165) is 15.8 Å². The second-order valence-corrected chi connectivity index (χ2v) is 6.95. The quantitative estimate of drug-likeness (QED) is 0.498. The predicted molar refractivity (Wildman–Crippen MR) is 86.4 cm³/mol. The summed E-state index contributed by atoms with van der Waals surface area (Å²) in [6, 6.07) is 9.55. The van der Waals surface area contributed by atoms with Gasteiger partial charge in [-0.2, -0.15) is 0 Å². The van der Waals surface area contributed by atoms with Crippen LogP contribution >= 0.6 is 34.3 Å². The molecule has 0 unspecified atom stereocenters. The van der Waals surface area contributed by atoms with Crippen LogP contribution in [0.4, 0.5) is 0 Å². The van der Waals surface area contributed by atoms with Crippen molar-refractivity contribution in [3.63, 3.8) is 0 Å². The molecule has 2 nitrogen and oxygen atoms in total. The molecule has 1 N–H and O–H groups in total. The number of hydrogen-bond acceptors (Lipinski definition) is 3. The van der Waals surface area contributed by atoms with Gasteiger partial charge in [0.05, 0.1) is 4.88 Å². The lowest BCUT2D eigenvalue weighted by molar-refractivity contribution is 0.104. The molecule has 1 aromatic carbocycles. The van der Waals surface area contributed by atoms with E-state index in [1.807, 2.05) is 29.6 Å². The zero-order valence-corrected chi connectivity index (χ0v) is 12.5. The number of thiophene rings is 2. The lowest BCUT2D eigenvalue weighted by atomic mass is 10.1. The van der Waals surface area contributed by atoms with Crippen LogP contribution in [-0.2, 0) is 0 Å². The highest BCUT2D eigenvalue weighted by Crippen LogP contribution is 2.32. The average Bonchev–Trinajstić information content (AvgIpc) is 3.10. The van der Waals surface area contributed by atoms with Crippen molar-refractivity contribution >= 4 is 60.4 Å².